The van der Waals surface area contributed by atoms with Gasteiger partial charge in [0.2, 0.25) is 0 Å². The van der Waals surface area contributed by atoms with Gasteiger partial charge >= 0.3 is 0 Å². The number of fused-ring (bicyclic) bond motifs is 1. The smallest absolute Gasteiger partial charge is 0.250 e. The van der Waals surface area contributed by atoms with Crippen LogP contribution in [0.25, 0.3) is 22.0 Å². The third-order valence-electron chi connectivity index (χ3n) is 5.56. The highest BCUT2D eigenvalue weighted by Crippen LogP contribution is 2.37. The highest BCUT2D eigenvalue weighted by atomic mass is 32.2. The zero-order valence-electron chi connectivity index (χ0n) is 16.3. The maximum absolute atomic E-state index is 12.1. The van der Waals surface area contributed by atoms with Crippen molar-refractivity contribution in [2.24, 2.45) is 5.73 Å². The largest absolute Gasteiger partial charge is 0.494 e. The van der Waals surface area contributed by atoms with Crippen LogP contribution in [0.15, 0.2) is 42.6 Å². The Morgan fingerprint density at radius 2 is 1.93 bits per heavy atom. The van der Waals surface area contributed by atoms with Crippen molar-refractivity contribution in [3.05, 3.63) is 53.7 Å². The molecule has 2 aromatic carbocycles. The first kappa shape index (κ1) is 19.5. The van der Waals surface area contributed by atoms with E-state index in [1.165, 1.54) is 0 Å². The van der Waals surface area contributed by atoms with Crippen LogP contribution < -0.4 is 10.5 Å². The maximum atomic E-state index is 12.1. The summed E-state index contributed by atoms with van der Waals surface area (Å²) in [6, 6.07) is 11.6. The lowest BCUT2D eigenvalue weighted by molar-refractivity contribution is 0.100. The zero-order chi connectivity index (χ0) is 20.6. The van der Waals surface area contributed by atoms with E-state index >= 15 is 0 Å². The number of hydrogen-bond acceptors (Lipinski definition) is 4. The lowest BCUT2D eigenvalue weighted by Crippen LogP contribution is -2.22. The number of primary amides is 1. The summed E-state index contributed by atoms with van der Waals surface area (Å²) in [4.78, 5) is 15.3. The fraction of sp³-hybridized carbons (Fsp3) is 0.318. The van der Waals surface area contributed by atoms with Gasteiger partial charge in [0.1, 0.15) is 15.6 Å². The molecule has 1 aromatic heterocycles. The van der Waals surface area contributed by atoms with E-state index in [0.29, 0.717) is 30.5 Å². The van der Waals surface area contributed by atoms with E-state index in [1.807, 2.05) is 43.5 Å². The second-order valence-corrected chi connectivity index (χ2v) is 9.75. The topological polar surface area (TPSA) is 102 Å². The van der Waals surface area contributed by atoms with Gasteiger partial charge in [-0.1, -0.05) is 12.1 Å². The van der Waals surface area contributed by atoms with Crippen molar-refractivity contribution in [2.45, 2.75) is 25.7 Å². The van der Waals surface area contributed by atoms with Crippen LogP contribution in [-0.2, 0) is 9.84 Å². The fourth-order valence-corrected chi connectivity index (χ4v) is 5.58. The molecule has 0 unspecified atom stereocenters. The highest BCUT2D eigenvalue weighted by molar-refractivity contribution is 7.91. The van der Waals surface area contributed by atoms with Gasteiger partial charge < -0.3 is 15.5 Å². The first-order chi connectivity index (χ1) is 13.9. The van der Waals surface area contributed by atoms with Gasteiger partial charge in [-0.15, -0.1) is 0 Å². The number of carbonyl (C=O) groups excluding carboxylic acids is 1. The van der Waals surface area contributed by atoms with Gasteiger partial charge in [0.15, 0.2) is 0 Å². The summed E-state index contributed by atoms with van der Waals surface area (Å²) in [5, 5.41) is 0.919. The van der Waals surface area contributed by atoms with Crippen molar-refractivity contribution < 1.29 is 17.9 Å². The molecule has 2 heterocycles. The Morgan fingerprint density at radius 1 is 1.17 bits per heavy atom. The molecule has 0 saturated carbocycles. The molecule has 1 aliphatic rings. The number of sulfone groups is 1. The monoisotopic (exact) mass is 412 g/mol. The predicted octanol–water partition coefficient (Wildman–Crippen LogP) is 3.62. The fourth-order valence-electron chi connectivity index (χ4n) is 4.08. The van der Waals surface area contributed by atoms with Crippen molar-refractivity contribution >= 4 is 26.6 Å². The third-order valence-corrected chi connectivity index (χ3v) is 7.28. The molecule has 1 amide bonds. The first-order valence-electron chi connectivity index (χ1n) is 9.76. The Morgan fingerprint density at radius 3 is 2.62 bits per heavy atom. The minimum atomic E-state index is -2.94. The summed E-state index contributed by atoms with van der Waals surface area (Å²) in [6.45, 7) is 2.50. The average molecular weight is 413 g/mol. The standard InChI is InChI=1S/C22H24N2O4S/c1-2-28-17-5-3-4-15(10-17)16-11-18-20(14-6-8-29(26,27)9-7-14)13-24-21(18)19(12-16)22(23)25/h3-5,10-14,24H,2,6-9H2,1H3,(H2,23,25). The Kier molecular flexibility index (Phi) is 5.08. The summed E-state index contributed by atoms with van der Waals surface area (Å²) >= 11 is 0. The average Bonchev–Trinajstić information content (AvgIpc) is 3.11. The number of aromatic nitrogens is 1. The molecule has 29 heavy (non-hydrogen) atoms. The van der Waals surface area contributed by atoms with E-state index in [2.05, 4.69) is 4.98 Å². The maximum Gasteiger partial charge on any atom is 0.250 e. The minimum absolute atomic E-state index is 0.137. The lowest BCUT2D eigenvalue weighted by atomic mass is 9.91. The quantitative estimate of drug-likeness (QED) is 0.668. The zero-order valence-corrected chi connectivity index (χ0v) is 17.1. The van der Waals surface area contributed by atoms with Crippen LogP contribution in [0.3, 0.4) is 0 Å². The molecular formula is C22H24N2O4S. The molecular weight excluding hydrogens is 388 g/mol. The normalized spacial score (nSPS) is 16.7. The molecule has 0 radical (unpaired) electrons. The van der Waals surface area contributed by atoms with Gasteiger partial charge in [-0.3, -0.25) is 4.79 Å². The number of benzene rings is 2. The molecule has 1 saturated heterocycles. The SMILES string of the molecule is CCOc1cccc(-c2cc(C(N)=O)c3[nH]cc(C4CCS(=O)(=O)CC4)c3c2)c1. The Bertz CT molecular complexity index is 1170. The Hall–Kier alpha value is -2.80. The summed E-state index contributed by atoms with van der Waals surface area (Å²) in [7, 11) is -2.94. The van der Waals surface area contributed by atoms with Crippen molar-refractivity contribution in [1.82, 2.24) is 4.98 Å². The molecule has 6 nitrogen and oxygen atoms in total. The molecule has 1 aliphatic heterocycles. The van der Waals surface area contributed by atoms with E-state index in [9.17, 15) is 13.2 Å². The van der Waals surface area contributed by atoms with E-state index in [1.54, 1.807) is 6.07 Å². The van der Waals surface area contributed by atoms with Crippen LogP contribution in [0, 0.1) is 0 Å². The van der Waals surface area contributed by atoms with Gasteiger partial charge in [-0.05, 0) is 66.6 Å². The van der Waals surface area contributed by atoms with E-state index in [0.717, 1.165) is 27.8 Å². The van der Waals surface area contributed by atoms with Gasteiger partial charge in [-0.2, -0.15) is 0 Å². The molecule has 4 rings (SSSR count). The number of nitrogens with one attached hydrogen (secondary N) is 1. The van der Waals surface area contributed by atoms with Crippen LogP contribution in [0.4, 0.5) is 0 Å². The van der Waals surface area contributed by atoms with Crippen molar-refractivity contribution in [3.8, 4) is 16.9 Å². The lowest BCUT2D eigenvalue weighted by Gasteiger charge is -2.21. The molecule has 0 aliphatic carbocycles. The molecule has 0 bridgehead atoms. The molecule has 152 valence electrons. The first-order valence-corrected chi connectivity index (χ1v) is 11.6. The predicted molar refractivity (Wildman–Crippen MR) is 114 cm³/mol. The van der Waals surface area contributed by atoms with Crippen LogP contribution in [0.1, 0.15) is 41.6 Å². The Labute approximate surface area is 170 Å². The van der Waals surface area contributed by atoms with Gasteiger partial charge in [-0.25, -0.2) is 8.42 Å². The van der Waals surface area contributed by atoms with Crippen LogP contribution in [0.2, 0.25) is 0 Å². The van der Waals surface area contributed by atoms with Crippen molar-refractivity contribution in [3.63, 3.8) is 0 Å². The summed E-state index contributed by atoms with van der Waals surface area (Å²) < 4.78 is 29.2. The second-order valence-electron chi connectivity index (χ2n) is 7.44. The number of H-pyrrole nitrogens is 1. The summed E-state index contributed by atoms with van der Waals surface area (Å²) in [5.41, 5.74) is 9.63. The molecule has 7 heteroatoms. The van der Waals surface area contributed by atoms with Crippen LogP contribution in [0.5, 0.6) is 5.75 Å². The number of ether oxygens (including phenoxy) is 1. The highest BCUT2D eigenvalue weighted by Gasteiger charge is 2.27. The number of rotatable bonds is 5. The third kappa shape index (κ3) is 3.87. The van der Waals surface area contributed by atoms with Crippen LogP contribution in [-0.4, -0.2) is 37.4 Å². The van der Waals surface area contributed by atoms with Crippen molar-refractivity contribution in [1.29, 1.82) is 0 Å². The summed E-state index contributed by atoms with van der Waals surface area (Å²) in [5.74, 6) is 0.791. The van der Waals surface area contributed by atoms with E-state index in [4.69, 9.17) is 10.5 Å². The second kappa shape index (κ2) is 7.55. The Balaban J connectivity index is 1.83. The molecule has 1 fully saturated rings. The minimum Gasteiger partial charge on any atom is -0.494 e. The number of nitrogens with two attached hydrogens (primary N) is 1. The van der Waals surface area contributed by atoms with Crippen LogP contribution >= 0.6 is 0 Å². The number of aromatic amines is 1. The molecule has 0 spiro atoms. The number of hydrogen-bond donors (Lipinski definition) is 2. The molecule has 3 N–H and O–H groups in total. The van der Waals surface area contributed by atoms with E-state index < -0.39 is 15.7 Å². The van der Waals surface area contributed by atoms with Gasteiger partial charge in [0.25, 0.3) is 5.91 Å². The number of carbonyl (C=O) groups is 1. The molecule has 3 aromatic rings. The van der Waals surface area contributed by atoms with Crippen molar-refractivity contribution in [2.75, 3.05) is 18.1 Å². The van der Waals surface area contributed by atoms with E-state index in [-0.39, 0.29) is 17.4 Å². The van der Waals surface area contributed by atoms with Gasteiger partial charge in [0, 0.05) is 11.6 Å². The summed E-state index contributed by atoms with van der Waals surface area (Å²) in [6.07, 6.45) is 3.07. The molecule has 0 atom stereocenters. The number of amides is 1. The van der Waals surface area contributed by atoms with Gasteiger partial charge in [0.05, 0.1) is 29.2 Å².